The number of amides is 2. The number of esters is 1. The molecule has 1 aliphatic heterocycles. The van der Waals surface area contributed by atoms with Crippen molar-refractivity contribution >= 4 is 29.2 Å². The van der Waals surface area contributed by atoms with E-state index in [0.29, 0.717) is 5.75 Å². The number of ether oxygens (including phenoxy) is 2. The number of benzene rings is 2. The van der Waals surface area contributed by atoms with Gasteiger partial charge in [0, 0.05) is 0 Å². The molecule has 0 aliphatic carbocycles. The second-order valence-corrected chi connectivity index (χ2v) is 6.01. The molecule has 0 radical (unpaired) electrons. The molecule has 0 bridgehead atoms. The van der Waals surface area contributed by atoms with E-state index in [4.69, 9.17) is 10.5 Å². The molecule has 140 valence electrons. The van der Waals surface area contributed by atoms with Crippen LogP contribution in [0.1, 0.15) is 22.3 Å². The third-order valence-electron chi connectivity index (χ3n) is 4.11. The number of methoxy groups -OCH3 is 1. The normalized spacial score (nSPS) is 15.8. The highest BCUT2D eigenvalue weighted by atomic mass is 16.5. The van der Waals surface area contributed by atoms with Gasteiger partial charge >= 0.3 is 5.97 Å². The molecule has 1 atom stereocenters. The fraction of sp³-hybridized carbons (Fsp3) is 0.211. The fourth-order valence-electron chi connectivity index (χ4n) is 2.66. The second-order valence-electron chi connectivity index (χ2n) is 6.01. The monoisotopic (exact) mass is 369 g/mol. The van der Waals surface area contributed by atoms with Crippen LogP contribution in [-0.2, 0) is 20.9 Å². The molecular weight excluding hydrogens is 350 g/mol. The van der Waals surface area contributed by atoms with Gasteiger partial charge in [0.25, 0.3) is 5.91 Å². The quantitative estimate of drug-likeness (QED) is 0.542. The van der Waals surface area contributed by atoms with Crippen molar-refractivity contribution in [2.75, 3.05) is 18.2 Å². The molecule has 0 saturated carbocycles. The number of carbonyl (C=O) groups excluding carboxylic acids is 3. The largest absolute Gasteiger partial charge is 0.487 e. The summed E-state index contributed by atoms with van der Waals surface area (Å²) in [5.74, 6) is -1.31. The Labute approximate surface area is 155 Å². The first-order valence-electron chi connectivity index (χ1n) is 8.26. The molecule has 4 N–H and O–H groups in total. The molecule has 3 rings (SSSR count). The molecule has 0 saturated heterocycles. The first-order valence-corrected chi connectivity index (χ1v) is 8.26. The maximum Gasteiger partial charge on any atom is 0.308 e. The number of nitrogens with one attached hydrogen (secondary N) is 2. The predicted octanol–water partition coefficient (Wildman–Crippen LogP) is 1.46. The summed E-state index contributed by atoms with van der Waals surface area (Å²) >= 11 is 0. The van der Waals surface area contributed by atoms with Crippen molar-refractivity contribution in [3.63, 3.8) is 0 Å². The zero-order valence-electron chi connectivity index (χ0n) is 14.7. The van der Waals surface area contributed by atoms with Gasteiger partial charge in [0.05, 0.1) is 30.5 Å². The Balaban J connectivity index is 1.82. The predicted molar refractivity (Wildman–Crippen MR) is 98.1 cm³/mol. The Hall–Kier alpha value is -3.55. The summed E-state index contributed by atoms with van der Waals surface area (Å²) in [6.07, 6.45) is -0.269. The van der Waals surface area contributed by atoms with Crippen LogP contribution in [0.25, 0.3) is 0 Å². The van der Waals surface area contributed by atoms with Crippen LogP contribution in [0, 0.1) is 0 Å². The van der Waals surface area contributed by atoms with Gasteiger partial charge in [0.2, 0.25) is 5.91 Å². The third kappa shape index (κ3) is 4.17. The van der Waals surface area contributed by atoms with Crippen molar-refractivity contribution in [3.8, 4) is 5.75 Å². The second kappa shape index (κ2) is 7.77. The van der Waals surface area contributed by atoms with Crippen LogP contribution in [0.15, 0.2) is 42.5 Å². The Kier molecular flexibility index (Phi) is 5.25. The van der Waals surface area contributed by atoms with Gasteiger partial charge in [-0.05, 0) is 17.7 Å². The molecule has 8 nitrogen and oxygen atoms in total. The Morgan fingerprint density at radius 2 is 1.93 bits per heavy atom. The zero-order valence-corrected chi connectivity index (χ0v) is 14.7. The van der Waals surface area contributed by atoms with Gasteiger partial charge in [0.15, 0.2) is 0 Å². The van der Waals surface area contributed by atoms with E-state index in [-0.39, 0.29) is 30.0 Å². The van der Waals surface area contributed by atoms with Gasteiger partial charge in [0.1, 0.15) is 18.4 Å². The van der Waals surface area contributed by atoms with Crippen molar-refractivity contribution in [2.45, 2.75) is 19.1 Å². The number of nitrogen functional groups attached to an aromatic ring is 1. The summed E-state index contributed by atoms with van der Waals surface area (Å²) in [4.78, 5) is 36.2. The maximum atomic E-state index is 12.5. The van der Waals surface area contributed by atoms with E-state index >= 15 is 0 Å². The summed E-state index contributed by atoms with van der Waals surface area (Å²) in [6, 6.07) is 11.4. The highest BCUT2D eigenvalue weighted by Gasteiger charge is 2.30. The third-order valence-corrected chi connectivity index (χ3v) is 4.11. The van der Waals surface area contributed by atoms with Crippen LogP contribution in [0.4, 0.5) is 11.4 Å². The van der Waals surface area contributed by atoms with Crippen molar-refractivity contribution in [1.82, 2.24) is 5.32 Å². The van der Waals surface area contributed by atoms with Crippen molar-refractivity contribution in [1.29, 1.82) is 0 Å². The van der Waals surface area contributed by atoms with E-state index in [0.717, 1.165) is 5.56 Å². The molecule has 2 aromatic carbocycles. The Bertz CT molecular complexity index is 882. The average molecular weight is 369 g/mol. The van der Waals surface area contributed by atoms with E-state index in [2.05, 4.69) is 15.4 Å². The molecule has 2 amide bonds. The molecule has 27 heavy (non-hydrogen) atoms. The van der Waals surface area contributed by atoms with Crippen LogP contribution in [0.5, 0.6) is 5.75 Å². The molecule has 1 heterocycles. The number of nitrogens with two attached hydrogens (primary N) is 1. The minimum absolute atomic E-state index is 0.202. The summed E-state index contributed by atoms with van der Waals surface area (Å²) in [5, 5.41) is 5.13. The summed E-state index contributed by atoms with van der Waals surface area (Å²) in [5.41, 5.74) is 7.69. The van der Waals surface area contributed by atoms with Gasteiger partial charge in [-0.25, -0.2) is 0 Å². The number of rotatable bonds is 5. The zero-order chi connectivity index (χ0) is 19.4. The molecule has 2 aromatic rings. The van der Waals surface area contributed by atoms with Crippen LogP contribution >= 0.6 is 0 Å². The SMILES string of the molecule is COC(=O)C[C@@H]1NC(=O)c2cc(OCc3ccccc3)c(N)cc2NC1=O. The van der Waals surface area contributed by atoms with E-state index in [1.54, 1.807) is 0 Å². The molecule has 0 spiro atoms. The van der Waals surface area contributed by atoms with Crippen molar-refractivity contribution in [2.24, 2.45) is 0 Å². The topological polar surface area (TPSA) is 120 Å². The number of fused-ring (bicyclic) bond motifs is 1. The molecular formula is C19H19N3O5. The highest BCUT2D eigenvalue weighted by molar-refractivity contribution is 6.11. The van der Waals surface area contributed by atoms with Gasteiger partial charge in [-0.15, -0.1) is 0 Å². The lowest BCUT2D eigenvalue weighted by Gasteiger charge is -2.13. The number of anilines is 2. The lowest BCUT2D eigenvalue weighted by Crippen LogP contribution is -2.42. The van der Waals surface area contributed by atoms with Crippen LogP contribution in [-0.4, -0.2) is 30.9 Å². The van der Waals surface area contributed by atoms with Crippen molar-refractivity contribution in [3.05, 3.63) is 53.6 Å². The van der Waals surface area contributed by atoms with Gasteiger partial charge in [-0.3, -0.25) is 14.4 Å². The summed E-state index contributed by atoms with van der Waals surface area (Å²) < 4.78 is 10.3. The van der Waals surface area contributed by atoms with Crippen LogP contribution < -0.4 is 21.1 Å². The van der Waals surface area contributed by atoms with Gasteiger partial charge in [-0.1, -0.05) is 30.3 Å². The maximum absolute atomic E-state index is 12.5. The molecule has 0 fully saturated rings. The summed E-state index contributed by atoms with van der Waals surface area (Å²) in [7, 11) is 1.21. The lowest BCUT2D eigenvalue weighted by atomic mass is 10.1. The highest BCUT2D eigenvalue weighted by Crippen LogP contribution is 2.31. The van der Waals surface area contributed by atoms with E-state index < -0.39 is 23.8 Å². The first-order chi connectivity index (χ1) is 13.0. The Morgan fingerprint density at radius 1 is 1.19 bits per heavy atom. The fourth-order valence-corrected chi connectivity index (χ4v) is 2.66. The van der Waals surface area contributed by atoms with E-state index in [1.807, 2.05) is 30.3 Å². The average Bonchev–Trinajstić information content (AvgIpc) is 2.77. The smallest absolute Gasteiger partial charge is 0.308 e. The number of hydrogen-bond donors (Lipinski definition) is 3. The van der Waals surface area contributed by atoms with Crippen molar-refractivity contribution < 1.29 is 23.9 Å². The Morgan fingerprint density at radius 3 is 2.63 bits per heavy atom. The van der Waals surface area contributed by atoms with E-state index in [1.165, 1.54) is 19.2 Å². The van der Waals surface area contributed by atoms with Gasteiger partial charge in [-0.2, -0.15) is 0 Å². The van der Waals surface area contributed by atoms with E-state index in [9.17, 15) is 14.4 Å². The standard InChI is InChI=1S/C19H19N3O5/c1-26-17(23)9-15-19(25)21-14-8-13(20)16(7-12(14)18(24)22-15)27-10-11-5-3-2-4-6-11/h2-8,15H,9-10,20H2,1H3,(H,21,25)(H,22,24)/t15-/m0/s1. The molecule has 0 unspecified atom stereocenters. The lowest BCUT2D eigenvalue weighted by molar-refractivity contribution is -0.142. The first kappa shape index (κ1) is 18.2. The minimum atomic E-state index is -1.03. The summed E-state index contributed by atoms with van der Waals surface area (Å²) in [6.45, 7) is 0.281. The minimum Gasteiger partial charge on any atom is -0.487 e. The van der Waals surface area contributed by atoms with Crippen LogP contribution in [0.3, 0.4) is 0 Å². The molecule has 8 heteroatoms. The van der Waals surface area contributed by atoms with Crippen LogP contribution in [0.2, 0.25) is 0 Å². The number of carbonyl (C=O) groups is 3. The number of hydrogen-bond acceptors (Lipinski definition) is 6. The van der Waals surface area contributed by atoms with Gasteiger partial charge < -0.3 is 25.8 Å². The molecule has 0 aromatic heterocycles. The molecule has 1 aliphatic rings.